The molecule has 2 amide bonds. The van der Waals surface area contributed by atoms with Crippen LogP contribution >= 0.6 is 0 Å². The first-order valence-corrected chi connectivity index (χ1v) is 6.73. The van der Waals surface area contributed by atoms with Crippen LogP contribution in [0, 0.1) is 6.92 Å². The number of hydrogen-bond acceptors (Lipinski definition) is 4. The average molecular weight is 285 g/mol. The minimum Gasteiger partial charge on any atom is -0.296 e. The van der Waals surface area contributed by atoms with Crippen molar-refractivity contribution in [1.82, 2.24) is 15.2 Å². The lowest BCUT2D eigenvalue weighted by Gasteiger charge is -2.28. The van der Waals surface area contributed by atoms with E-state index in [0.717, 1.165) is 24.1 Å². The summed E-state index contributed by atoms with van der Waals surface area (Å²) in [6, 6.07) is 4.98. The van der Waals surface area contributed by atoms with Crippen LogP contribution in [0.4, 0.5) is 16.4 Å². The maximum Gasteiger partial charge on any atom is 0.328 e. The van der Waals surface area contributed by atoms with Gasteiger partial charge in [0, 0.05) is 18.3 Å². The number of urea groups is 1. The van der Waals surface area contributed by atoms with Gasteiger partial charge in [0.1, 0.15) is 11.5 Å². The van der Waals surface area contributed by atoms with E-state index in [0.29, 0.717) is 30.2 Å². The number of amides is 2. The lowest BCUT2D eigenvalue weighted by atomic mass is 10.1. The van der Waals surface area contributed by atoms with Gasteiger partial charge in [-0.25, -0.2) is 9.78 Å². The van der Waals surface area contributed by atoms with Crippen molar-refractivity contribution in [2.24, 2.45) is 0 Å². The number of aromatic nitrogens is 3. The quantitative estimate of drug-likeness (QED) is 0.824. The average Bonchev–Trinajstić information content (AvgIpc) is 2.91. The van der Waals surface area contributed by atoms with E-state index in [4.69, 9.17) is 0 Å². The Kier molecular flexibility index (Phi) is 3.39. The molecule has 2 aromatic heterocycles. The zero-order valence-electron chi connectivity index (χ0n) is 11.6. The van der Waals surface area contributed by atoms with Crippen molar-refractivity contribution in [3.8, 4) is 0 Å². The fourth-order valence-corrected chi connectivity index (χ4v) is 2.38. The second kappa shape index (κ2) is 5.35. The molecule has 21 heavy (non-hydrogen) atoms. The van der Waals surface area contributed by atoms with Gasteiger partial charge in [-0.1, -0.05) is 6.07 Å². The maximum atomic E-state index is 12.4. The molecule has 0 spiro atoms. The fraction of sp³-hybridized carbons (Fsp3) is 0.286. The molecule has 0 radical (unpaired) electrons. The van der Waals surface area contributed by atoms with Crippen molar-refractivity contribution in [3.63, 3.8) is 0 Å². The van der Waals surface area contributed by atoms with Crippen LogP contribution in [0.3, 0.4) is 0 Å². The highest BCUT2D eigenvalue weighted by molar-refractivity contribution is 6.01. The van der Waals surface area contributed by atoms with Crippen LogP contribution in [0.25, 0.3) is 0 Å². The molecule has 0 saturated heterocycles. The lowest BCUT2D eigenvalue weighted by Crippen LogP contribution is -2.39. The summed E-state index contributed by atoms with van der Waals surface area (Å²) in [7, 11) is 0. The van der Waals surface area contributed by atoms with Gasteiger partial charge in [0.05, 0.1) is 0 Å². The Balaban J connectivity index is 1.86. The number of hydrogen-bond donors (Lipinski definition) is 2. The first-order valence-electron chi connectivity index (χ1n) is 6.73. The SMILES string of the molecule is Cc1cc(NC(=O)N2CCCc3ccc(C=O)nc32)n[nH]1. The standard InChI is InChI=1S/C14H15N5O2/c1-9-7-12(18-17-9)16-14(21)19-6-2-3-10-4-5-11(8-20)15-13(10)19/h4-5,7-8H,2-3,6H2,1H3,(H2,16,17,18,21). The van der Waals surface area contributed by atoms with Crippen LogP contribution in [0.5, 0.6) is 0 Å². The van der Waals surface area contributed by atoms with E-state index < -0.39 is 0 Å². The first-order chi connectivity index (χ1) is 10.2. The highest BCUT2D eigenvalue weighted by Gasteiger charge is 2.24. The number of anilines is 2. The van der Waals surface area contributed by atoms with Gasteiger partial charge in [0.25, 0.3) is 0 Å². The molecule has 1 aliphatic rings. The van der Waals surface area contributed by atoms with Crippen LogP contribution in [-0.4, -0.2) is 34.0 Å². The third kappa shape index (κ3) is 2.62. The molecule has 0 aromatic carbocycles. The molecule has 0 fully saturated rings. The lowest BCUT2D eigenvalue weighted by molar-refractivity contribution is 0.111. The molecule has 0 saturated carbocycles. The number of rotatable bonds is 2. The minimum absolute atomic E-state index is 0.294. The van der Waals surface area contributed by atoms with Crippen molar-refractivity contribution in [2.75, 3.05) is 16.8 Å². The number of nitrogens with zero attached hydrogens (tertiary/aromatic N) is 3. The summed E-state index contributed by atoms with van der Waals surface area (Å²) in [4.78, 5) is 29.0. The van der Waals surface area contributed by atoms with Gasteiger partial charge in [-0.05, 0) is 31.4 Å². The van der Waals surface area contributed by atoms with E-state index >= 15 is 0 Å². The summed E-state index contributed by atoms with van der Waals surface area (Å²) in [6.07, 6.45) is 2.40. The van der Waals surface area contributed by atoms with E-state index in [-0.39, 0.29) is 6.03 Å². The normalized spacial score (nSPS) is 13.7. The Morgan fingerprint density at radius 3 is 3.05 bits per heavy atom. The zero-order valence-corrected chi connectivity index (χ0v) is 11.6. The molecule has 0 bridgehead atoms. The van der Waals surface area contributed by atoms with Crippen molar-refractivity contribution in [1.29, 1.82) is 0 Å². The van der Waals surface area contributed by atoms with Gasteiger partial charge in [-0.2, -0.15) is 5.10 Å². The molecule has 0 aliphatic carbocycles. The number of aryl methyl sites for hydroxylation is 2. The summed E-state index contributed by atoms with van der Waals surface area (Å²) in [5.41, 5.74) is 2.16. The van der Waals surface area contributed by atoms with Gasteiger partial charge in [-0.15, -0.1) is 0 Å². The van der Waals surface area contributed by atoms with Crippen LogP contribution in [0.2, 0.25) is 0 Å². The van der Waals surface area contributed by atoms with Gasteiger partial charge < -0.3 is 0 Å². The second-order valence-electron chi connectivity index (χ2n) is 4.96. The fourth-order valence-electron chi connectivity index (χ4n) is 2.38. The van der Waals surface area contributed by atoms with Crippen LogP contribution in [-0.2, 0) is 6.42 Å². The smallest absolute Gasteiger partial charge is 0.296 e. The van der Waals surface area contributed by atoms with Crippen LogP contribution in [0.15, 0.2) is 18.2 Å². The van der Waals surface area contributed by atoms with E-state index in [2.05, 4.69) is 20.5 Å². The second-order valence-corrected chi connectivity index (χ2v) is 4.96. The Bertz CT molecular complexity index is 694. The Morgan fingerprint density at radius 2 is 2.33 bits per heavy atom. The predicted octanol–water partition coefficient (Wildman–Crippen LogP) is 1.91. The molecule has 7 heteroatoms. The van der Waals surface area contributed by atoms with Crippen molar-refractivity contribution in [2.45, 2.75) is 19.8 Å². The number of pyridine rings is 1. The molecule has 3 heterocycles. The molecular weight excluding hydrogens is 270 g/mol. The van der Waals surface area contributed by atoms with E-state index in [9.17, 15) is 9.59 Å². The third-order valence-corrected chi connectivity index (χ3v) is 3.37. The monoisotopic (exact) mass is 285 g/mol. The molecule has 2 N–H and O–H groups in total. The molecule has 2 aromatic rings. The highest BCUT2D eigenvalue weighted by Crippen LogP contribution is 2.25. The Labute approximate surface area is 121 Å². The van der Waals surface area contributed by atoms with E-state index in [1.807, 2.05) is 13.0 Å². The van der Waals surface area contributed by atoms with Crippen molar-refractivity contribution >= 4 is 24.0 Å². The topological polar surface area (TPSA) is 91.0 Å². The summed E-state index contributed by atoms with van der Waals surface area (Å²) in [5.74, 6) is 1.02. The molecule has 0 unspecified atom stereocenters. The maximum absolute atomic E-state index is 12.4. The first kappa shape index (κ1) is 13.3. The summed E-state index contributed by atoms with van der Waals surface area (Å²) < 4.78 is 0. The summed E-state index contributed by atoms with van der Waals surface area (Å²) in [6.45, 7) is 2.42. The summed E-state index contributed by atoms with van der Waals surface area (Å²) in [5, 5.41) is 9.48. The highest BCUT2D eigenvalue weighted by atomic mass is 16.2. The number of nitrogens with one attached hydrogen (secondary N) is 2. The minimum atomic E-state index is -0.294. The van der Waals surface area contributed by atoms with Crippen molar-refractivity contribution in [3.05, 3.63) is 35.2 Å². The largest absolute Gasteiger partial charge is 0.328 e. The van der Waals surface area contributed by atoms with Crippen molar-refractivity contribution < 1.29 is 9.59 Å². The molecule has 7 nitrogen and oxygen atoms in total. The summed E-state index contributed by atoms with van der Waals surface area (Å²) >= 11 is 0. The molecule has 3 rings (SSSR count). The van der Waals surface area contributed by atoms with E-state index in [1.165, 1.54) is 0 Å². The zero-order chi connectivity index (χ0) is 14.8. The number of H-pyrrole nitrogens is 1. The van der Waals surface area contributed by atoms with Gasteiger partial charge >= 0.3 is 6.03 Å². The molecule has 1 aliphatic heterocycles. The number of fused-ring (bicyclic) bond motifs is 1. The number of carbonyl (C=O) groups excluding carboxylic acids is 2. The molecule has 108 valence electrons. The Morgan fingerprint density at radius 1 is 1.48 bits per heavy atom. The Hall–Kier alpha value is -2.70. The predicted molar refractivity (Wildman–Crippen MR) is 77.6 cm³/mol. The van der Waals surface area contributed by atoms with Crippen LogP contribution < -0.4 is 10.2 Å². The molecule has 0 atom stereocenters. The van der Waals surface area contributed by atoms with Gasteiger partial charge in [0.15, 0.2) is 12.1 Å². The number of aldehydes is 1. The number of carbonyl (C=O) groups is 2. The number of aromatic amines is 1. The van der Waals surface area contributed by atoms with Gasteiger partial charge in [0.2, 0.25) is 0 Å². The third-order valence-electron chi connectivity index (χ3n) is 3.37. The molecular formula is C14H15N5O2. The van der Waals surface area contributed by atoms with Gasteiger partial charge in [-0.3, -0.25) is 20.1 Å². The van der Waals surface area contributed by atoms with E-state index in [1.54, 1.807) is 17.0 Å². The van der Waals surface area contributed by atoms with Crippen LogP contribution in [0.1, 0.15) is 28.2 Å².